The lowest BCUT2D eigenvalue weighted by Gasteiger charge is -2.24. The molecule has 1 atom stereocenters. The first kappa shape index (κ1) is 20.8. The molecule has 0 bridgehead atoms. The summed E-state index contributed by atoms with van der Waals surface area (Å²) in [4.78, 5) is 32.8. The number of pyridine rings is 2. The van der Waals surface area contributed by atoms with Crippen molar-refractivity contribution in [2.24, 2.45) is 0 Å². The molecule has 1 aliphatic rings. The summed E-state index contributed by atoms with van der Waals surface area (Å²) in [5, 5.41) is 3.37. The molecule has 5 rings (SSSR count). The molecule has 164 valence electrons. The topological polar surface area (TPSA) is 83.9 Å². The second-order valence-electron chi connectivity index (χ2n) is 7.97. The zero-order valence-electron chi connectivity index (χ0n) is 18.1. The van der Waals surface area contributed by atoms with Crippen LogP contribution in [0.4, 0.5) is 5.69 Å². The van der Waals surface area contributed by atoms with Crippen molar-refractivity contribution >= 4 is 11.6 Å². The van der Waals surface area contributed by atoms with Crippen molar-refractivity contribution < 1.29 is 4.79 Å². The average Bonchev–Trinajstić information content (AvgIpc) is 3.39. The number of nitrogens with one attached hydrogen (secondary N) is 1. The van der Waals surface area contributed by atoms with Gasteiger partial charge in [0, 0.05) is 49.1 Å². The average molecular weight is 437 g/mol. The molecule has 0 radical (unpaired) electrons. The van der Waals surface area contributed by atoms with Crippen molar-refractivity contribution in [3.8, 4) is 11.5 Å². The quantitative estimate of drug-likeness (QED) is 0.478. The van der Waals surface area contributed by atoms with Gasteiger partial charge in [-0.25, -0.2) is 9.97 Å². The standard InChI is InChI=1S/C26H24N6O/c33-26(20-8-10-21(11-9-20)30-18-19-5-3-13-27-17-19)32-16-4-7-24(32)22-12-15-29-25(31-22)23-6-1-2-14-28-23/h1-3,5-6,8-15,17,24,30H,4,7,16,18H2. The van der Waals surface area contributed by atoms with E-state index in [0.717, 1.165) is 35.5 Å². The fourth-order valence-corrected chi connectivity index (χ4v) is 4.10. The molecular weight excluding hydrogens is 412 g/mol. The van der Waals surface area contributed by atoms with Gasteiger partial charge in [-0.1, -0.05) is 12.1 Å². The van der Waals surface area contributed by atoms with Crippen LogP contribution in [0.2, 0.25) is 0 Å². The Bertz CT molecular complexity index is 1210. The van der Waals surface area contributed by atoms with E-state index in [-0.39, 0.29) is 11.9 Å². The van der Waals surface area contributed by atoms with Gasteiger partial charge >= 0.3 is 0 Å². The summed E-state index contributed by atoms with van der Waals surface area (Å²) in [5.74, 6) is 0.603. The summed E-state index contributed by atoms with van der Waals surface area (Å²) in [7, 11) is 0. The smallest absolute Gasteiger partial charge is 0.254 e. The third-order valence-electron chi connectivity index (χ3n) is 5.78. The van der Waals surface area contributed by atoms with E-state index in [9.17, 15) is 4.79 Å². The Morgan fingerprint density at radius 3 is 2.67 bits per heavy atom. The Morgan fingerprint density at radius 2 is 1.88 bits per heavy atom. The van der Waals surface area contributed by atoms with Crippen LogP contribution in [0.5, 0.6) is 0 Å². The van der Waals surface area contributed by atoms with E-state index in [2.05, 4.69) is 20.3 Å². The second kappa shape index (κ2) is 9.56. The van der Waals surface area contributed by atoms with Gasteiger partial charge in [0.2, 0.25) is 0 Å². The molecule has 1 saturated heterocycles. The highest BCUT2D eigenvalue weighted by molar-refractivity contribution is 5.95. The number of anilines is 1. The maximum atomic E-state index is 13.3. The van der Waals surface area contributed by atoms with Gasteiger partial charge in [0.05, 0.1) is 11.7 Å². The number of benzene rings is 1. The maximum Gasteiger partial charge on any atom is 0.254 e. The lowest BCUT2D eigenvalue weighted by molar-refractivity contribution is 0.0733. The molecule has 7 heteroatoms. The van der Waals surface area contributed by atoms with Crippen molar-refractivity contribution in [1.29, 1.82) is 0 Å². The van der Waals surface area contributed by atoms with Crippen molar-refractivity contribution in [3.63, 3.8) is 0 Å². The molecule has 3 aromatic heterocycles. The molecule has 1 aromatic carbocycles. The SMILES string of the molecule is O=C(c1ccc(NCc2cccnc2)cc1)N1CCCC1c1ccnc(-c2ccccn2)n1. The lowest BCUT2D eigenvalue weighted by Crippen LogP contribution is -2.31. The van der Waals surface area contributed by atoms with E-state index in [1.165, 1.54) is 0 Å². The van der Waals surface area contributed by atoms with Crippen molar-refractivity contribution in [2.45, 2.75) is 25.4 Å². The van der Waals surface area contributed by atoms with E-state index in [0.29, 0.717) is 24.5 Å². The van der Waals surface area contributed by atoms with Gasteiger partial charge in [0.1, 0.15) is 5.69 Å². The molecule has 1 unspecified atom stereocenters. The first-order chi connectivity index (χ1) is 16.3. The van der Waals surface area contributed by atoms with E-state index >= 15 is 0 Å². The molecule has 7 nitrogen and oxygen atoms in total. The maximum absolute atomic E-state index is 13.3. The molecule has 1 N–H and O–H groups in total. The fraction of sp³-hybridized carbons (Fsp3) is 0.192. The van der Waals surface area contributed by atoms with E-state index in [1.54, 1.807) is 18.6 Å². The first-order valence-corrected chi connectivity index (χ1v) is 11.1. The number of hydrogen-bond donors (Lipinski definition) is 1. The molecule has 0 saturated carbocycles. The van der Waals surface area contributed by atoms with E-state index in [4.69, 9.17) is 4.98 Å². The highest BCUT2D eigenvalue weighted by Crippen LogP contribution is 2.32. The Balaban J connectivity index is 1.29. The van der Waals surface area contributed by atoms with Gasteiger partial charge in [-0.2, -0.15) is 0 Å². The number of likely N-dealkylation sites (tertiary alicyclic amines) is 1. The first-order valence-electron chi connectivity index (χ1n) is 11.1. The summed E-state index contributed by atoms with van der Waals surface area (Å²) in [6, 6.07) is 19.1. The molecule has 0 aliphatic carbocycles. The summed E-state index contributed by atoms with van der Waals surface area (Å²) >= 11 is 0. The number of aromatic nitrogens is 4. The minimum absolute atomic E-state index is 0.0225. The lowest BCUT2D eigenvalue weighted by atomic mass is 10.1. The van der Waals surface area contributed by atoms with Gasteiger partial charge in [0.25, 0.3) is 5.91 Å². The summed E-state index contributed by atoms with van der Waals surface area (Å²) < 4.78 is 0. The van der Waals surface area contributed by atoms with Crippen LogP contribution in [0.3, 0.4) is 0 Å². The van der Waals surface area contributed by atoms with Gasteiger partial charge in [-0.3, -0.25) is 14.8 Å². The third kappa shape index (κ3) is 4.72. The van der Waals surface area contributed by atoms with Gasteiger partial charge < -0.3 is 10.2 Å². The second-order valence-corrected chi connectivity index (χ2v) is 7.97. The Kier molecular flexibility index (Phi) is 6.01. The van der Waals surface area contributed by atoms with Crippen molar-refractivity contribution in [3.05, 3.63) is 102 Å². The summed E-state index contributed by atoms with van der Waals surface area (Å²) in [6.07, 6.45) is 8.91. The molecule has 0 spiro atoms. The van der Waals surface area contributed by atoms with Crippen LogP contribution < -0.4 is 5.32 Å². The molecule has 33 heavy (non-hydrogen) atoms. The highest BCUT2D eigenvalue weighted by Gasteiger charge is 2.31. The normalized spacial score (nSPS) is 15.4. The molecule has 1 amide bonds. The minimum Gasteiger partial charge on any atom is -0.381 e. The van der Waals surface area contributed by atoms with E-state index < -0.39 is 0 Å². The number of rotatable bonds is 6. The van der Waals surface area contributed by atoms with Gasteiger partial charge in [-0.15, -0.1) is 0 Å². The number of carbonyl (C=O) groups is 1. The van der Waals surface area contributed by atoms with Crippen LogP contribution in [0, 0.1) is 0 Å². The summed E-state index contributed by atoms with van der Waals surface area (Å²) in [6.45, 7) is 1.40. The minimum atomic E-state index is -0.0636. The highest BCUT2D eigenvalue weighted by atomic mass is 16.2. The molecular formula is C26H24N6O. The number of nitrogens with zero attached hydrogens (tertiary/aromatic N) is 5. The van der Waals surface area contributed by atoms with Crippen molar-refractivity contribution in [2.75, 3.05) is 11.9 Å². The molecule has 4 heterocycles. The van der Waals surface area contributed by atoms with Crippen LogP contribution in [-0.2, 0) is 6.54 Å². The predicted molar refractivity (Wildman–Crippen MR) is 126 cm³/mol. The third-order valence-corrected chi connectivity index (χ3v) is 5.78. The predicted octanol–water partition coefficient (Wildman–Crippen LogP) is 4.52. The van der Waals surface area contributed by atoms with Crippen LogP contribution in [0.1, 0.15) is 40.5 Å². The van der Waals surface area contributed by atoms with Gasteiger partial charge in [-0.05, 0) is 66.9 Å². The van der Waals surface area contributed by atoms with Crippen LogP contribution in [0.25, 0.3) is 11.5 Å². The Hall–Kier alpha value is -4.13. The van der Waals surface area contributed by atoms with E-state index in [1.807, 2.05) is 71.8 Å². The van der Waals surface area contributed by atoms with Gasteiger partial charge in [0.15, 0.2) is 5.82 Å². The molecule has 1 aliphatic heterocycles. The van der Waals surface area contributed by atoms with Crippen LogP contribution in [-0.4, -0.2) is 37.3 Å². The number of hydrogen-bond acceptors (Lipinski definition) is 6. The number of carbonyl (C=O) groups excluding carboxylic acids is 1. The largest absolute Gasteiger partial charge is 0.381 e. The Morgan fingerprint density at radius 1 is 0.970 bits per heavy atom. The monoisotopic (exact) mass is 436 g/mol. The van der Waals surface area contributed by atoms with Crippen LogP contribution in [0.15, 0.2) is 85.5 Å². The zero-order valence-corrected chi connectivity index (χ0v) is 18.1. The number of amides is 1. The summed E-state index contributed by atoms with van der Waals surface area (Å²) in [5.41, 5.74) is 4.32. The molecule has 4 aromatic rings. The van der Waals surface area contributed by atoms with Crippen molar-refractivity contribution in [1.82, 2.24) is 24.8 Å². The Labute approximate surface area is 192 Å². The zero-order chi connectivity index (χ0) is 22.5. The molecule has 1 fully saturated rings. The van der Waals surface area contributed by atoms with Crippen LogP contribution >= 0.6 is 0 Å². The fourth-order valence-electron chi connectivity index (χ4n) is 4.10.